The van der Waals surface area contributed by atoms with E-state index in [2.05, 4.69) is 5.32 Å². The first-order chi connectivity index (χ1) is 10.3. The minimum absolute atomic E-state index is 0.274. The van der Waals surface area contributed by atoms with Crippen molar-refractivity contribution in [3.8, 4) is 0 Å². The van der Waals surface area contributed by atoms with Gasteiger partial charge in [0.05, 0.1) is 23.8 Å². The van der Waals surface area contributed by atoms with Crippen LogP contribution in [0.25, 0.3) is 0 Å². The number of hydrogen-bond acceptors (Lipinski definition) is 4. The molecule has 0 aliphatic heterocycles. The first kappa shape index (κ1) is 18.6. The van der Waals surface area contributed by atoms with Crippen molar-refractivity contribution >= 4 is 35.3 Å². The van der Waals surface area contributed by atoms with Gasteiger partial charge < -0.3 is 14.8 Å². The molecule has 0 saturated carbocycles. The van der Waals surface area contributed by atoms with Crippen molar-refractivity contribution in [1.29, 1.82) is 0 Å². The summed E-state index contributed by atoms with van der Waals surface area (Å²) in [6.07, 6.45) is 0.941. The molecule has 1 aromatic carbocycles. The number of carbonyl (C=O) groups is 2. The van der Waals surface area contributed by atoms with Gasteiger partial charge >= 0.3 is 12.1 Å². The molecule has 1 atom stereocenters. The first-order valence-electron chi connectivity index (χ1n) is 6.84. The Kier molecular flexibility index (Phi) is 6.97. The lowest BCUT2D eigenvalue weighted by molar-refractivity contribution is -0.148. The number of rotatable bonds is 6. The second-order valence-electron chi connectivity index (χ2n) is 4.86. The van der Waals surface area contributed by atoms with Crippen molar-refractivity contribution < 1.29 is 19.1 Å². The lowest BCUT2D eigenvalue weighted by Crippen LogP contribution is -2.50. The maximum atomic E-state index is 12.1. The van der Waals surface area contributed by atoms with E-state index in [9.17, 15) is 9.59 Å². The number of alkyl carbamates (subject to hydrolysis) is 1. The van der Waals surface area contributed by atoms with E-state index in [-0.39, 0.29) is 11.6 Å². The molecular formula is C15H19Cl2NO4. The number of nitrogens with one attached hydrogen (secondary N) is 1. The summed E-state index contributed by atoms with van der Waals surface area (Å²) < 4.78 is 9.81. The van der Waals surface area contributed by atoms with Crippen LogP contribution < -0.4 is 5.32 Å². The zero-order valence-corrected chi connectivity index (χ0v) is 14.3. The summed E-state index contributed by atoms with van der Waals surface area (Å²) >= 11 is 11.9. The van der Waals surface area contributed by atoms with Gasteiger partial charge in [0.2, 0.25) is 0 Å². The van der Waals surface area contributed by atoms with E-state index in [1.54, 1.807) is 12.1 Å². The van der Waals surface area contributed by atoms with E-state index >= 15 is 0 Å². The van der Waals surface area contributed by atoms with Crippen molar-refractivity contribution in [1.82, 2.24) is 5.32 Å². The molecule has 1 aromatic rings. The van der Waals surface area contributed by atoms with E-state index < -0.39 is 17.6 Å². The van der Waals surface area contributed by atoms with Crippen molar-refractivity contribution in [2.45, 2.75) is 32.2 Å². The Bertz CT molecular complexity index is 550. The lowest BCUT2D eigenvalue weighted by Gasteiger charge is -2.28. The van der Waals surface area contributed by atoms with Crippen LogP contribution in [0.5, 0.6) is 0 Å². The van der Waals surface area contributed by atoms with Gasteiger partial charge in [0.15, 0.2) is 5.54 Å². The van der Waals surface area contributed by atoms with Gasteiger partial charge in [-0.25, -0.2) is 9.59 Å². The molecule has 0 aliphatic rings. The van der Waals surface area contributed by atoms with Gasteiger partial charge in [-0.2, -0.15) is 0 Å². The third kappa shape index (κ3) is 4.52. The zero-order chi connectivity index (χ0) is 16.8. The Labute approximate surface area is 139 Å². The van der Waals surface area contributed by atoms with Gasteiger partial charge in [-0.1, -0.05) is 42.6 Å². The van der Waals surface area contributed by atoms with E-state index in [1.807, 2.05) is 6.92 Å². The molecule has 5 nitrogen and oxygen atoms in total. The van der Waals surface area contributed by atoms with Crippen LogP contribution in [0.4, 0.5) is 4.79 Å². The zero-order valence-electron chi connectivity index (χ0n) is 12.7. The number of amides is 1. The standard InChI is InChI=1S/C15H19Cl2NO4/c1-4-5-8-22-14(20)18-15(2,13(19)21-3)10-6-7-11(16)12(17)9-10/h6-7,9H,4-5,8H2,1-3H3,(H,18,20). The van der Waals surface area contributed by atoms with Crippen molar-refractivity contribution in [2.24, 2.45) is 0 Å². The molecule has 0 saturated heterocycles. The monoisotopic (exact) mass is 347 g/mol. The average Bonchev–Trinajstić information content (AvgIpc) is 2.49. The lowest BCUT2D eigenvalue weighted by atomic mass is 9.92. The molecule has 0 radical (unpaired) electrons. The summed E-state index contributed by atoms with van der Waals surface area (Å²) in [6, 6.07) is 4.65. The van der Waals surface area contributed by atoms with Crippen LogP contribution in [0, 0.1) is 0 Å². The molecule has 22 heavy (non-hydrogen) atoms. The van der Waals surface area contributed by atoms with Crippen LogP contribution >= 0.6 is 23.2 Å². The molecule has 0 bridgehead atoms. The van der Waals surface area contributed by atoms with Crippen LogP contribution in [0.1, 0.15) is 32.3 Å². The van der Waals surface area contributed by atoms with Gasteiger partial charge in [-0.3, -0.25) is 0 Å². The van der Waals surface area contributed by atoms with E-state index in [0.717, 1.165) is 12.8 Å². The number of benzene rings is 1. The molecule has 7 heteroatoms. The fourth-order valence-corrected chi connectivity index (χ4v) is 2.10. The van der Waals surface area contributed by atoms with E-state index in [4.69, 9.17) is 32.7 Å². The minimum atomic E-state index is -1.42. The molecule has 122 valence electrons. The fourth-order valence-electron chi connectivity index (χ4n) is 1.80. The number of ether oxygens (including phenoxy) is 2. The normalized spacial score (nSPS) is 13.1. The highest BCUT2D eigenvalue weighted by Gasteiger charge is 2.39. The number of carbonyl (C=O) groups excluding carboxylic acids is 2. The van der Waals surface area contributed by atoms with E-state index in [1.165, 1.54) is 20.1 Å². The Morgan fingerprint density at radius 2 is 1.95 bits per heavy atom. The number of esters is 1. The molecule has 0 spiro atoms. The highest BCUT2D eigenvalue weighted by molar-refractivity contribution is 6.42. The van der Waals surface area contributed by atoms with E-state index in [0.29, 0.717) is 10.6 Å². The molecule has 1 rings (SSSR count). The summed E-state index contributed by atoms with van der Waals surface area (Å²) in [5.74, 6) is -0.640. The van der Waals surface area contributed by atoms with Crippen molar-refractivity contribution in [3.05, 3.63) is 33.8 Å². The smallest absolute Gasteiger partial charge is 0.408 e. The highest BCUT2D eigenvalue weighted by Crippen LogP contribution is 2.29. The molecule has 0 fully saturated rings. The SMILES string of the molecule is CCCCOC(=O)NC(C)(C(=O)OC)c1ccc(Cl)c(Cl)c1. The second-order valence-corrected chi connectivity index (χ2v) is 5.67. The highest BCUT2D eigenvalue weighted by atomic mass is 35.5. The fraction of sp³-hybridized carbons (Fsp3) is 0.467. The van der Waals surface area contributed by atoms with Crippen molar-refractivity contribution in [3.63, 3.8) is 0 Å². The van der Waals surface area contributed by atoms with Gasteiger partial charge in [0, 0.05) is 0 Å². The predicted molar refractivity (Wildman–Crippen MR) is 85.2 cm³/mol. The van der Waals surface area contributed by atoms with Crippen molar-refractivity contribution in [2.75, 3.05) is 13.7 Å². The third-order valence-corrected chi connectivity index (χ3v) is 3.91. The third-order valence-electron chi connectivity index (χ3n) is 3.17. The number of unbranched alkanes of at least 4 members (excludes halogenated alkanes) is 1. The minimum Gasteiger partial charge on any atom is -0.467 e. The largest absolute Gasteiger partial charge is 0.467 e. The molecule has 1 unspecified atom stereocenters. The van der Waals surface area contributed by atoms with Gasteiger partial charge in [0.25, 0.3) is 0 Å². The molecule has 0 heterocycles. The van der Waals surface area contributed by atoms with Crippen LogP contribution in [0.3, 0.4) is 0 Å². The van der Waals surface area contributed by atoms with Crippen LogP contribution in [0.2, 0.25) is 10.0 Å². The Balaban J connectivity index is 3.01. The quantitative estimate of drug-likeness (QED) is 0.625. The Morgan fingerprint density at radius 3 is 2.50 bits per heavy atom. The summed E-state index contributed by atoms with van der Waals surface area (Å²) in [5.41, 5.74) is -0.979. The molecular weight excluding hydrogens is 329 g/mol. The second kappa shape index (κ2) is 8.25. The van der Waals surface area contributed by atoms with Gasteiger partial charge in [-0.15, -0.1) is 0 Å². The molecule has 0 aliphatic carbocycles. The Morgan fingerprint density at radius 1 is 1.27 bits per heavy atom. The number of hydrogen-bond donors (Lipinski definition) is 1. The van der Waals surface area contributed by atoms with Gasteiger partial charge in [0.1, 0.15) is 0 Å². The average molecular weight is 348 g/mol. The van der Waals surface area contributed by atoms with Crippen LogP contribution in [-0.2, 0) is 19.8 Å². The van der Waals surface area contributed by atoms with Crippen LogP contribution in [0.15, 0.2) is 18.2 Å². The Hall–Kier alpha value is -1.46. The maximum Gasteiger partial charge on any atom is 0.408 e. The maximum absolute atomic E-state index is 12.1. The summed E-state index contributed by atoms with van der Waals surface area (Å²) in [6.45, 7) is 3.77. The topological polar surface area (TPSA) is 64.6 Å². The summed E-state index contributed by atoms with van der Waals surface area (Å²) in [4.78, 5) is 24.0. The molecule has 1 N–H and O–H groups in total. The number of methoxy groups -OCH3 is 1. The predicted octanol–water partition coefficient (Wildman–Crippen LogP) is 3.91. The molecule has 0 aromatic heterocycles. The molecule has 1 amide bonds. The van der Waals surface area contributed by atoms with Gasteiger partial charge in [-0.05, 0) is 31.0 Å². The first-order valence-corrected chi connectivity index (χ1v) is 7.59. The van der Waals surface area contributed by atoms with Crippen LogP contribution in [-0.4, -0.2) is 25.8 Å². The summed E-state index contributed by atoms with van der Waals surface area (Å²) in [7, 11) is 1.24. The number of halogens is 2. The summed E-state index contributed by atoms with van der Waals surface area (Å²) in [5, 5.41) is 3.15.